The number of benzene rings is 1. The Morgan fingerprint density at radius 1 is 1.30 bits per heavy atom. The van der Waals surface area contributed by atoms with Crippen LogP contribution in [-0.4, -0.2) is 32.5 Å². The molecule has 1 N–H and O–H groups in total. The third kappa shape index (κ3) is 2.84. The number of fused-ring (bicyclic) bond motifs is 1. The summed E-state index contributed by atoms with van der Waals surface area (Å²) in [5.41, 5.74) is 3.06. The maximum Gasteiger partial charge on any atom is 0.326 e. The molecule has 0 amide bonds. The number of aryl methyl sites for hydroxylation is 1. The average molecular weight is 328 g/mol. The molecule has 4 rings (SSSR count). The van der Waals surface area contributed by atoms with Crippen molar-refractivity contribution in [3.05, 3.63) is 50.8 Å². The molecule has 3 heterocycles. The molecule has 0 bridgehead atoms. The lowest BCUT2D eigenvalue weighted by Crippen LogP contribution is -2.36. The molecular weight excluding hydrogens is 308 g/mol. The van der Waals surface area contributed by atoms with E-state index in [2.05, 4.69) is 20.2 Å². The van der Waals surface area contributed by atoms with E-state index in [1.165, 1.54) is 5.01 Å². The molecule has 1 fully saturated rings. The van der Waals surface area contributed by atoms with Crippen molar-refractivity contribution in [2.45, 2.75) is 32.4 Å². The van der Waals surface area contributed by atoms with Crippen molar-refractivity contribution >= 4 is 22.4 Å². The molecule has 120 valence electrons. The van der Waals surface area contributed by atoms with Gasteiger partial charge in [-0.3, -0.25) is 9.47 Å². The molecule has 1 aromatic carbocycles. The quantitative estimate of drug-likeness (QED) is 0.804. The van der Waals surface area contributed by atoms with Gasteiger partial charge in [-0.05, 0) is 31.9 Å². The minimum atomic E-state index is 0.0141. The van der Waals surface area contributed by atoms with Gasteiger partial charge in [0.2, 0.25) is 0 Å². The van der Waals surface area contributed by atoms with Crippen LogP contribution in [0.5, 0.6) is 0 Å². The van der Waals surface area contributed by atoms with Crippen LogP contribution in [0.15, 0.2) is 34.4 Å². The maximum atomic E-state index is 12.3. The van der Waals surface area contributed by atoms with Gasteiger partial charge in [-0.15, -0.1) is 11.3 Å². The Hall–Kier alpha value is -1.92. The molecule has 23 heavy (non-hydrogen) atoms. The van der Waals surface area contributed by atoms with E-state index in [0.29, 0.717) is 0 Å². The molecule has 5 nitrogen and oxygen atoms in total. The normalized spacial score (nSPS) is 17.1. The number of thiazole rings is 1. The van der Waals surface area contributed by atoms with Gasteiger partial charge in [0.05, 0.1) is 17.6 Å². The van der Waals surface area contributed by atoms with Crippen LogP contribution in [0, 0.1) is 6.92 Å². The molecule has 0 aliphatic carbocycles. The predicted octanol–water partition coefficient (Wildman–Crippen LogP) is 2.93. The summed E-state index contributed by atoms with van der Waals surface area (Å²) >= 11 is 1.73. The van der Waals surface area contributed by atoms with Crippen molar-refractivity contribution in [1.29, 1.82) is 0 Å². The zero-order valence-corrected chi connectivity index (χ0v) is 14.0. The van der Waals surface area contributed by atoms with Crippen LogP contribution in [-0.2, 0) is 6.54 Å². The lowest BCUT2D eigenvalue weighted by molar-refractivity contribution is 0.179. The highest BCUT2D eigenvalue weighted by atomic mass is 32.1. The van der Waals surface area contributed by atoms with Gasteiger partial charge >= 0.3 is 5.69 Å². The van der Waals surface area contributed by atoms with Crippen molar-refractivity contribution in [2.24, 2.45) is 0 Å². The molecule has 1 aliphatic heterocycles. The summed E-state index contributed by atoms with van der Waals surface area (Å²) in [7, 11) is 0. The van der Waals surface area contributed by atoms with Gasteiger partial charge in [0.1, 0.15) is 5.01 Å². The van der Waals surface area contributed by atoms with Crippen molar-refractivity contribution in [3.8, 4) is 0 Å². The summed E-state index contributed by atoms with van der Waals surface area (Å²) in [5.74, 6) is 0. The third-order valence-electron chi connectivity index (χ3n) is 4.57. The van der Waals surface area contributed by atoms with Crippen molar-refractivity contribution in [2.75, 3.05) is 13.1 Å². The second kappa shape index (κ2) is 5.94. The zero-order chi connectivity index (χ0) is 15.8. The van der Waals surface area contributed by atoms with Crippen LogP contribution in [0.2, 0.25) is 0 Å². The molecule has 0 radical (unpaired) electrons. The first-order valence-corrected chi connectivity index (χ1v) is 8.91. The Kier molecular flexibility index (Phi) is 3.79. The maximum absolute atomic E-state index is 12.3. The van der Waals surface area contributed by atoms with E-state index in [-0.39, 0.29) is 11.7 Å². The van der Waals surface area contributed by atoms with Crippen LogP contribution < -0.4 is 5.69 Å². The summed E-state index contributed by atoms with van der Waals surface area (Å²) in [4.78, 5) is 22.2. The number of hydrogen-bond acceptors (Lipinski definition) is 4. The summed E-state index contributed by atoms with van der Waals surface area (Å²) in [5, 5.41) is 3.29. The first kappa shape index (κ1) is 14.7. The number of nitrogens with one attached hydrogen (secondary N) is 1. The van der Waals surface area contributed by atoms with Crippen molar-refractivity contribution in [1.82, 2.24) is 19.4 Å². The Labute approximate surface area is 138 Å². The first-order chi connectivity index (χ1) is 11.2. The highest BCUT2D eigenvalue weighted by molar-refractivity contribution is 7.09. The smallest absolute Gasteiger partial charge is 0.306 e. The lowest BCUT2D eigenvalue weighted by Gasteiger charge is -2.31. The fourth-order valence-electron chi connectivity index (χ4n) is 3.44. The first-order valence-electron chi connectivity index (χ1n) is 8.03. The van der Waals surface area contributed by atoms with Gasteiger partial charge in [-0.1, -0.05) is 12.1 Å². The second-order valence-corrected chi connectivity index (χ2v) is 7.15. The van der Waals surface area contributed by atoms with Gasteiger partial charge in [-0.25, -0.2) is 9.78 Å². The molecule has 0 atom stereocenters. The minimum Gasteiger partial charge on any atom is -0.306 e. The van der Waals surface area contributed by atoms with Gasteiger partial charge in [0, 0.05) is 30.2 Å². The number of para-hydroxylation sites is 2. The van der Waals surface area contributed by atoms with Crippen molar-refractivity contribution < 1.29 is 0 Å². The van der Waals surface area contributed by atoms with E-state index in [1.807, 2.05) is 35.8 Å². The number of aromatic nitrogens is 3. The highest BCUT2D eigenvalue weighted by Crippen LogP contribution is 2.26. The number of piperidine rings is 1. The Bertz CT molecular complexity index is 870. The molecule has 0 saturated carbocycles. The molecule has 6 heteroatoms. The Morgan fingerprint density at radius 2 is 2.09 bits per heavy atom. The third-order valence-corrected chi connectivity index (χ3v) is 5.52. The number of aromatic amines is 1. The number of imidazole rings is 1. The molecular formula is C17H20N4OS. The summed E-state index contributed by atoms with van der Waals surface area (Å²) in [6.07, 6.45) is 2.01. The van der Waals surface area contributed by atoms with Crippen LogP contribution in [0.1, 0.15) is 29.6 Å². The van der Waals surface area contributed by atoms with Crippen LogP contribution >= 0.6 is 11.3 Å². The fourth-order valence-corrected chi connectivity index (χ4v) is 4.25. The van der Waals surface area contributed by atoms with E-state index < -0.39 is 0 Å². The molecule has 3 aromatic rings. The van der Waals surface area contributed by atoms with E-state index in [9.17, 15) is 4.79 Å². The van der Waals surface area contributed by atoms with Gasteiger partial charge in [-0.2, -0.15) is 0 Å². The SMILES string of the molecule is Cc1csc(CN2CCC(n3c(=O)[nH]c4ccccc43)CC2)n1. The summed E-state index contributed by atoms with van der Waals surface area (Å²) in [6.45, 7) is 4.98. The van der Waals surface area contributed by atoms with Crippen LogP contribution in [0.4, 0.5) is 0 Å². The number of hydrogen-bond donors (Lipinski definition) is 1. The van der Waals surface area contributed by atoms with Crippen LogP contribution in [0.25, 0.3) is 11.0 Å². The van der Waals surface area contributed by atoms with Gasteiger partial charge in [0.25, 0.3) is 0 Å². The largest absolute Gasteiger partial charge is 0.326 e. The lowest BCUT2D eigenvalue weighted by atomic mass is 10.0. The molecule has 1 saturated heterocycles. The van der Waals surface area contributed by atoms with Crippen LogP contribution in [0.3, 0.4) is 0 Å². The fraction of sp³-hybridized carbons (Fsp3) is 0.412. The minimum absolute atomic E-state index is 0.0141. The van der Waals surface area contributed by atoms with Crippen molar-refractivity contribution in [3.63, 3.8) is 0 Å². The summed E-state index contributed by atoms with van der Waals surface area (Å²) < 4.78 is 1.94. The molecule has 2 aromatic heterocycles. The van der Waals surface area contributed by atoms with E-state index >= 15 is 0 Å². The molecule has 1 aliphatic rings. The van der Waals surface area contributed by atoms with E-state index in [4.69, 9.17) is 0 Å². The summed E-state index contributed by atoms with van der Waals surface area (Å²) in [6, 6.07) is 8.23. The number of H-pyrrole nitrogens is 1. The Balaban J connectivity index is 1.48. The van der Waals surface area contributed by atoms with Gasteiger partial charge < -0.3 is 4.98 Å². The van der Waals surface area contributed by atoms with Gasteiger partial charge in [0.15, 0.2) is 0 Å². The monoisotopic (exact) mass is 328 g/mol. The average Bonchev–Trinajstić information content (AvgIpc) is 3.10. The highest BCUT2D eigenvalue weighted by Gasteiger charge is 2.23. The molecule has 0 unspecified atom stereocenters. The zero-order valence-electron chi connectivity index (χ0n) is 13.2. The van der Waals surface area contributed by atoms with E-state index in [0.717, 1.165) is 49.2 Å². The topological polar surface area (TPSA) is 53.9 Å². The second-order valence-electron chi connectivity index (χ2n) is 6.21. The number of nitrogens with zero attached hydrogens (tertiary/aromatic N) is 3. The number of rotatable bonds is 3. The number of likely N-dealkylation sites (tertiary alicyclic amines) is 1. The standard InChI is InChI=1S/C17H20N4OS/c1-12-11-23-16(18-12)10-20-8-6-13(7-9-20)21-15-5-3-2-4-14(15)19-17(21)22/h2-5,11,13H,6-10H2,1H3,(H,19,22). The predicted molar refractivity (Wildman–Crippen MR) is 93.0 cm³/mol. The Morgan fingerprint density at radius 3 is 2.83 bits per heavy atom. The van der Waals surface area contributed by atoms with E-state index in [1.54, 1.807) is 11.3 Å². The molecule has 0 spiro atoms.